The van der Waals surface area contributed by atoms with Gasteiger partial charge >= 0.3 is 0 Å². The van der Waals surface area contributed by atoms with Crippen molar-refractivity contribution >= 4 is 23.4 Å². The van der Waals surface area contributed by atoms with Crippen molar-refractivity contribution < 1.29 is 14.4 Å². The number of allylic oxidation sites excluding steroid dienone is 2. The highest BCUT2D eigenvalue weighted by molar-refractivity contribution is 6.06. The van der Waals surface area contributed by atoms with Crippen molar-refractivity contribution in [3.63, 3.8) is 0 Å². The molecule has 3 amide bonds. The number of amides is 3. The standard InChI is InChI=1S/C19H20N2O3/c1-11-3-2-4-14(9-11)20-15(22)7-8-21-18(23)16-12-5-6-13(10-12)17(16)19(21)24/h2-6,9,12-13,16-17H,7-8,10H2,1H3,(H,20,22)/t12-,13-,16-,17-/m0/s1. The summed E-state index contributed by atoms with van der Waals surface area (Å²) in [5.74, 6) is -0.320. The highest BCUT2D eigenvalue weighted by Crippen LogP contribution is 2.52. The zero-order valence-corrected chi connectivity index (χ0v) is 13.6. The van der Waals surface area contributed by atoms with Crippen LogP contribution in [-0.2, 0) is 14.4 Å². The van der Waals surface area contributed by atoms with Crippen LogP contribution in [0.1, 0.15) is 18.4 Å². The Morgan fingerprint density at radius 2 is 1.83 bits per heavy atom. The molecular formula is C19H20N2O3. The lowest BCUT2D eigenvalue weighted by molar-refractivity contribution is -0.140. The van der Waals surface area contributed by atoms with E-state index >= 15 is 0 Å². The van der Waals surface area contributed by atoms with Crippen LogP contribution < -0.4 is 5.32 Å². The molecule has 124 valence electrons. The van der Waals surface area contributed by atoms with E-state index in [0.29, 0.717) is 0 Å². The van der Waals surface area contributed by atoms with Crippen molar-refractivity contribution in [1.29, 1.82) is 0 Å². The minimum Gasteiger partial charge on any atom is -0.326 e. The summed E-state index contributed by atoms with van der Waals surface area (Å²) in [6, 6.07) is 7.55. The molecule has 0 unspecified atom stereocenters. The first-order valence-electron chi connectivity index (χ1n) is 8.44. The fourth-order valence-electron chi connectivity index (χ4n) is 4.34. The van der Waals surface area contributed by atoms with Crippen LogP contribution in [0, 0.1) is 30.6 Å². The molecule has 4 rings (SSSR count). The molecule has 24 heavy (non-hydrogen) atoms. The maximum Gasteiger partial charge on any atom is 0.233 e. The third kappa shape index (κ3) is 2.35. The SMILES string of the molecule is Cc1cccc(NC(=O)CCN2C(=O)[C@@H]3[C@@H](C2=O)[C@H]2C=C[C@H]3C2)c1. The van der Waals surface area contributed by atoms with Crippen LogP contribution in [0.5, 0.6) is 0 Å². The summed E-state index contributed by atoms with van der Waals surface area (Å²) in [6.45, 7) is 2.13. The number of fused-ring (bicyclic) bond motifs is 5. The van der Waals surface area contributed by atoms with Gasteiger partial charge in [0.1, 0.15) is 0 Å². The second kappa shape index (κ2) is 5.58. The van der Waals surface area contributed by atoms with E-state index in [4.69, 9.17) is 0 Å². The van der Waals surface area contributed by atoms with Gasteiger partial charge in [-0.05, 0) is 42.9 Å². The number of hydrogen-bond donors (Lipinski definition) is 1. The van der Waals surface area contributed by atoms with Gasteiger partial charge in [-0.25, -0.2) is 0 Å². The largest absolute Gasteiger partial charge is 0.326 e. The van der Waals surface area contributed by atoms with E-state index in [1.807, 2.05) is 31.2 Å². The van der Waals surface area contributed by atoms with Crippen LogP contribution in [0.2, 0.25) is 0 Å². The van der Waals surface area contributed by atoms with Crippen molar-refractivity contribution in [3.8, 4) is 0 Å². The lowest BCUT2D eigenvalue weighted by Gasteiger charge is -2.17. The summed E-state index contributed by atoms with van der Waals surface area (Å²) < 4.78 is 0. The molecule has 3 aliphatic rings. The third-order valence-electron chi connectivity index (χ3n) is 5.43. The number of imide groups is 1. The van der Waals surface area contributed by atoms with Crippen molar-refractivity contribution in [2.24, 2.45) is 23.7 Å². The number of benzene rings is 1. The van der Waals surface area contributed by atoms with Crippen LogP contribution in [0.4, 0.5) is 5.69 Å². The molecule has 1 saturated heterocycles. The van der Waals surface area contributed by atoms with Gasteiger partial charge in [-0.2, -0.15) is 0 Å². The number of carbonyl (C=O) groups excluding carboxylic acids is 3. The smallest absolute Gasteiger partial charge is 0.233 e. The average Bonchev–Trinajstić information content (AvgIpc) is 3.20. The summed E-state index contributed by atoms with van der Waals surface area (Å²) in [5, 5.41) is 2.82. The topological polar surface area (TPSA) is 66.5 Å². The Hall–Kier alpha value is -2.43. The Labute approximate surface area is 140 Å². The highest BCUT2D eigenvalue weighted by Gasteiger charge is 2.58. The van der Waals surface area contributed by atoms with Gasteiger partial charge in [0.15, 0.2) is 0 Å². The van der Waals surface area contributed by atoms with Gasteiger partial charge in [0.05, 0.1) is 11.8 Å². The summed E-state index contributed by atoms with van der Waals surface area (Å²) in [4.78, 5) is 38.5. The molecule has 0 radical (unpaired) electrons. The van der Waals surface area contributed by atoms with E-state index < -0.39 is 0 Å². The minimum atomic E-state index is -0.188. The number of hydrogen-bond acceptors (Lipinski definition) is 3. The Morgan fingerprint density at radius 3 is 2.46 bits per heavy atom. The molecule has 1 N–H and O–H groups in total. The first kappa shape index (κ1) is 15.1. The minimum absolute atomic E-state index is 0.0924. The van der Waals surface area contributed by atoms with Crippen LogP contribution in [0.3, 0.4) is 0 Å². The van der Waals surface area contributed by atoms with Crippen molar-refractivity contribution in [2.75, 3.05) is 11.9 Å². The summed E-state index contributed by atoms with van der Waals surface area (Å²) in [7, 11) is 0. The second-order valence-electron chi connectivity index (χ2n) is 7.00. The zero-order chi connectivity index (χ0) is 16.8. The lowest BCUT2D eigenvalue weighted by Crippen LogP contribution is -2.35. The fraction of sp³-hybridized carbons (Fsp3) is 0.421. The molecule has 1 saturated carbocycles. The normalized spacial score (nSPS) is 30.1. The Balaban J connectivity index is 1.37. The summed E-state index contributed by atoms with van der Waals surface area (Å²) >= 11 is 0. The number of nitrogens with zero attached hydrogens (tertiary/aromatic N) is 1. The molecule has 2 bridgehead atoms. The Kier molecular flexibility index (Phi) is 3.52. The predicted molar refractivity (Wildman–Crippen MR) is 88.9 cm³/mol. The third-order valence-corrected chi connectivity index (χ3v) is 5.43. The average molecular weight is 324 g/mol. The molecular weight excluding hydrogens is 304 g/mol. The van der Waals surface area contributed by atoms with E-state index in [-0.39, 0.29) is 54.4 Å². The summed E-state index contributed by atoms with van der Waals surface area (Å²) in [6.07, 6.45) is 5.21. The molecule has 2 aliphatic carbocycles. The number of anilines is 1. The molecule has 1 aromatic carbocycles. The second-order valence-corrected chi connectivity index (χ2v) is 7.00. The van der Waals surface area contributed by atoms with Gasteiger partial charge in [0, 0.05) is 18.7 Å². The maximum absolute atomic E-state index is 12.5. The van der Waals surface area contributed by atoms with E-state index in [1.54, 1.807) is 0 Å². The number of carbonyl (C=O) groups is 3. The highest BCUT2D eigenvalue weighted by atomic mass is 16.2. The molecule has 1 aliphatic heterocycles. The van der Waals surface area contributed by atoms with Crippen LogP contribution in [-0.4, -0.2) is 29.2 Å². The first-order chi connectivity index (χ1) is 11.5. The number of likely N-dealkylation sites (tertiary alicyclic amines) is 1. The van der Waals surface area contributed by atoms with E-state index in [2.05, 4.69) is 17.5 Å². The molecule has 5 heteroatoms. The van der Waals surface area contributed by atoms with Gasteiger partial charge in [0.2, 0.25) is 17.7 Å². The number of aryl methyl sites for hydroxylation is 1. The fourth-order valence-corrected chi connectivity index (χ4v) is 4.34. The Morgan fingerprint density at radius 1 is 1.17 bits per heavy atom. The van der Waals surface area contributed by atoms with Gasteiger partial charge < -0.3 is 5.32 Å². The van der Waals surface area contributed by atoms with E-state index in [0.717, 1.165) is 17.7 Å². The summed E-state index contributed by atoms with van der Waals surface area (Å²) in [5.41, 5.74) is 1.80. The maximum atomic E-state index is 12.5. The van der Waals surface area contributed by atoms with E-state index in [9.17, 15) is 14.4 Å². The molecule has 2 fully saturated rings. The molecule has 4 atom stereocenters. The van der Waals surface area contributed by atoms with Crippen LogP contribution >= 0.6 is 0 Å². The van der Waals surface area contributed by atoms with Gasteiger partial charge in [0.25, 0.3) is 0 Å². The van der Waals surface area contributed by atoms with Crippen molar-refractivity contribution in [1.82, 2.24) is 4.90 Å². The number of nitrogens with one attached hydrogen (secondary N) is 1. The van der Waals surface area contributed by atoms with Gasteiger partial charge in [-0.3, -0.25) is 19.3 Å². The predicted octanol–water partition coefficient (Wildman–Crippen LogP) is 2.13. The zero-order valence-electron chi connectivity index (χ0n) is 13.6. The van der Waals surface area contributed by atoms with Gasteiger partial charge in [-0.15, -0.1) is 0 Å². The first-order valence-corrected chi connectivity index (χ1v) is 8.44. The monoisotopic (exact) mass is 324 g/mol. The molecule has 5 nitrogen and oxygen atoms in total. The Bertz CT molecular complexity index is 725. The molecule has 0 aromatic heterocycles. The van der Waals surface area contributed by atoms with Crippen molar-refractivity contribution in [2.45, 2.75) is 19.8 Å². The van der Waals surface area contributed by atoms with E-state index in [1.165, 1.54) is 4.90 Å². The number of rotatable bonds is 4. The molecule has 1 heterocycles. The molecule has 1 aromatic rings. The van der Waals surface area contributed by atoms with Crippen LogP contribution in [0.15, 0.2) is 36.4 Å². The lowest BCUT2D eigenvalue weighted by atomic mass is 9.85. The van der Waals surface area contributed by atoms with Gasteiger partial charge in [-0.1, -0.05) is 24.3 Å². The van der Waals surface area contributed by atoms with Crippen molar-refractivity contribution in [3.05, 3.63) is 42.0 Å². The van der Waals surface area contributed by atoms with Crippen LogP contribution in [0.25, 0.3) is 0 Å². The quantitative estimate of drug-likeness (QED) is 0.681. The molecule has 0 spiro atoms.